The zero-order valence-corrected chi connectivity index (χ0v) is 17.8. The van der Waals surface area contributed by atoms with Gasteiger partial charge in [-0.05, 0) is 18.6 Å². The highest BCUT2D eigenvalue weighted by molar-refractivity contribution is 7.80. The normalized spacial score (nSPS) is 12.3. The van der Waals surface area contributed by atoms with Crippen molar-refractivity contribution in [3.8, 4) is 0 Å². The Morgan fingerprint density at radius 3 is 1.26 bits per heavy atom. The van der Waals surface area contributed by atoms with Gasteiger partial charge in [-0.1, -0.05) is 0 Å². The highest BCUT2D eigenvalue weighted by Crippen LogP contribution is 2.10. The molecule has 0 aliphatic heterocycles. The second kappa shape index (κ2) is 15.4. The van der Waals surface area contributed by atoms with Gasteiger partial charge in [-0.3, -0.25) is 38.7 Å². The van der Waals surface area contributed by atoms with Gasteiger partial charge in [0.15, 0.2) is 0 Å². The van der Waals surface area contributed by atoms with Gasteiger partial charge in [-0.15, -0.1) is 0 Å². The van der Waals surface area contributed by atoms with E-state index in [0.717, 1.165) is 9.80 Å². The summed E-state index contributed by atoms with van der Waals surface area (Å²) in [6, 6.07) is -1.01. The lowest BCUT2D eigenvalue weighted by atomic mass is 10.1. The van der Waals surface area contributed by atoms with Gasteiger partial charge in [0, 0.05) is 26.2 Å². The van der Waals surface area contributed by atoms with Crippen LogP contribution >= 0.6 is 12.6 Å². The molecule has 0 aromatic carbocycles. The van der Waals surface area contributed by atoms with E-state index >= 15 is 0 Å². The van der Waals surface area contributed by atoms with Crippen molar-refractivity contribution in [2.45, 2.75) is 18.9 Å². The Hall–Kier alpha value is -2.42. The molecule has 0 spiro atoms. The van der Waals surface area contributed by atoms with E-state index in [1.54, 1.807) is 0 Å². The molecule has 0 aliphatic carbocycles. The molecular weight excluding hydrogens is 438 g/mol. The van der Waals surface area contributed by atoms with E-state index in [2.05, 4.69) is 12.6 Å². The van der Waals surface area contributed by atoms with Gasteiger partial charge in [0.25, 0.3) is 0 Å². The van der Waals surface area contributed by atoms with Crippen molar-refractivity contribution < 1.29 is 49.5 Å². The maximum absolute atomic E-state index is 11.8. The van der Waals surface area contributed by atoms with Crippen LogP contribution < -0.4 is 0 Å². The van der Waals surface area contributed by atoms with Crippen molar-refractivity contribution in [1.29, 1.82) is 0 Å². The van der Waals surface area contributed by atoms with Gasteiger partial charge >= 0.3 is 29.8 Å². The Bertz CT molecular complexity index is 561. The molecule has 0 fully saturated rings. The molecule has 178 valence electrons. The zero-order chi connectivity index (χ0) is 24.0. The molecule has 0 aromatic heterocycles. The molecule has 0 radical (unpaired) electrons. The Balaban J connectivity index is 5.42. The molecule has 0 aromatic rings. The van der Waals surface area contributed by atoms with E-state index in [1.165, 1.54) is 4.90 Å². The molecule has 31 heavy (non-hydrogen) atoms. The lowest BCUT2D eigenvalue weighted by Crippen LogP contribution is -2.50. The number of hydrogen-bond acceptors (Lipinski definition) is 9. The summed E-state index contributed by atoms with van der Waals surface area (Å²) < 4.78 is 0. The summed E-state index contributed by atoms with van der Waals surface area (Å²) in [6.07, 6.45) is 0.660. The fourth-order valence-electron chi connectivity index (χ4n) is 2.90. The quantitative estimate of drug-likeness (QED) is 0.119. The number of rotatable bonds is 19. The minimum atomic E-state index is -1.24. The van der Waals surface area contributed by atoms with E-state index in [4.69, 9.17) is 20.4 Å². The van der Waals surface area contributed by atoms with Gasteiger partial charge in [0.05, 0.1) is 26.2 Å². The van der Waals surface area contributed by atoms with Crippen molar-refractivity contribution in [1.82, 2.24) is 14.7 Å². The molecule has 0 bridgehead atoms. The first-order valence-electron chi connectivity index (χ1n) is 9.35. The summed E-state index contributed by atoms with van der Waals surface area (Å²) in [5.74, 6) is -5.71. The average molecular weight is 467 g/mol. The molecule has 0 aliphatic rings. The number of thiol groups is 1. The number of carboxylic acid groups (broad SMARTS) is 5. The van der Waals surface area contributed by atoms with Gasteiger partial charge in [-0.2, -0.15) is 12.6 Å². The van der Waals surface area contributed by atoms with Crippen LogP contribution in [0.2, 0.25) is 0 Å². The van der Waals surface area contributed by atoms with Crippen molar-refractivity contribution >= 4 is 42.5 Å². The molecule has 0 saturated carbocycles. The molecule has 0 heterocycles. The van der Waals surface area contributed by atoms with Gasteiger partial charge < -0.3 is 25.5 Å². The van der Waals surface area contributed by atoms with Crippen LogP contribution in [0.4, 0.5) is 0 Å². The van der Waals surface area contributed by atoms with Crippen LogP contribution in [0.15, 0.2) is 0 Å². The minimum Gasteiger partial charge on any atom is -0.480 e. The largest absolute Gasteiger partial charge is 0.480 e. The van der Waals surface area contributed by atoms with E-state index in [-0.39, 0.29) is 32.6 Å². The topological polar surface area (TPSA) is 196 Å². The maximum Gasteiger partial charge on any atom is 0.320 e. The van der Waals surface area contributed by atoms with Crippen LogP contribution in [0.1, 0.15) is 12.8 Å². The molecule has 1 unspecified atom stereocenters. The van der Waals surface area contributed by atoms with Crippen LogP contribution in [0, 0.1) is 0 Å². The average Bonchev–Trinajstić information content (AvgIpc) is 2.60. The smallest absolute Gasteiger partial charge is 0.320 e. The first kappa shape index (κ1) is 28.6. The molecule has 1 atom stereocenters. The van der Waals surface area contributed by atoms with Crippen molar-refractivity contribution in [2.75, 3.05) is 58.1 Å². The van der Waals surface area contributed by atoms with Crippen LogP contribution in [-0.2, 0) is 24.0 Å². The summed E-state index contributed by atoms with van der Waals surface area (Å²) in [7, 11) is 0. The molecule has 13 nitrogen and oxygen atoms in total. The van der Waals surface area contributed by atoms with E-state index < -0.39 is 62.1 Å². The number of carbonyl (C=O) groups is 5. The summed E-state index contributed by atoms with van der Waals surface area (Å²) in [4.78, 5) is 59.4. The number of carboxylic acids is 5. The molecule has 0 saturated heterocycles. The molecule has 0 rings (SSSR count). The van der Waals surface area contributed by atoms with Crippen LogP contribution in [-0.4, -0.2) is 134 Å². The van der Waals surface area contributed by atoms with E-state index in [0.29, 0.717) is 12.2 Å². The third-order valence-electron chi connectivity index (χ3n) is 4.20. The van der Waals surface area contributed by atoms with Gasteiger partial charge in [0.1, 0.15) is 6.04 Å². The fraction of sp³-hybridized carbons (Fsp3) is 0.706. The van der Waals surface area contributed by atoms with Crippen LogP contribution in [0.25, 0.3) is 0 Å². The number of hydrogen-bond donors (Lipinski definition) is 6. The van der Waals surface area contributed by atoms with E-state index in [9.17, 15) is 29.1 Å². The Morgan fingerprint density at radius 1 is 0.645 bits per heavy atom. The van der Waals surface area contributed by atoms with Crippen molar-refractivity contribution in [3.63, 3.8) is 0 Å². The molecular formula is C17H29N3O10S. The minimum absolute atomic E-state index is 0.0158. The summed E-state index contributed by atoms with van der Waals surface area (Å²) in [5, 5.41) is 45.4. The van der Waals surface area contributed by atoms with Gasteiger partial charge in [0.2, 0.25) is 0 Å². The highest BCUT2D eigenvalue weighted by Gasteiger charge is 2.27. The first-order valence-corrected chi connectivity index (χ1v) is 9.99. The third kappa shape index (κ3) is 14.3. The lowest BCUT2D eigenvalue weighted by Gasteiger charge is -2.32. The number of nitrogens with zero attached hydrogens (tertiary/aromatic N) is 3. The molecule has 14 heteroatoms. The Morgan fingerprint density at radius 2 is 1.00 bits per heavy atom. The Labute approximate surface area is 184 Å². The van der Waals surface area contributed by atoms with Crippen LogP contribution in [0.5, 0.6) is 0 Å². The summed E-state index contributed by atoms with van der Waals surface area (Å²) in [5.41, 5.74) is 0. The fourth-order valence-corrected chi connectivity index (χ4v) is 3.09. The predicted molar refractivity (Wildman–Crippen MR) is 110 cm³/mol. The monoisotopic (exact) mass is 467 g/mol. The van der Waals surface area contributed by atoms with Gasteiger partial charge in [-0.25, -0.2) is 0 Å². The highest BCUT2D eigenvalue weighted by atomic mass is 32.1. The molecule has 5 N–H and O–H groups in total. The number of aliphatic carboxylic acids is 5. The maximum atomic E-state index is 11.8. The third-order valence-corrected chi connectivity index (χ3v) is 4.52. The van der Waals surface area contributed by atoms with Crippen molar-refractivity contribution in [3.05, 3.63) is 0 Å². The summed E-state index contributed by atoms with van der Waals surface area (Å²) in [6.45, 7) is -2.40. The zero-order valence-electron chi connectivity index (χ0n) is 16.9. The van der Waals surface area contributed by atoms with Crippen LogP contribution in [0.3, 0.4) is 0 Å². The lowest BCUT2D eigenvalue weighted by molar-refractivity contribution is -0.146. The second-order valence-corrected chi connectivity index (χ2v) is 7.20. The van der Waals surface area contributed by atoms with E-state index in [1.807, 2.05) is 0 Å². The molecule has 0 amide bonds. The SMILES string of the molecule is O=C(O)CN(CCN(CCN(CC(=O)O)CC(=O)O)C(CCCS)C(=O)O)CC(=O)O. The first-order chi connectivity index (χ1) is 14.5. The van der Waals surface area contributed by atoms with Crippen molar-refractivity contribution in [2.24, 2.45) is 0 Å². The predicted octanol–water partition coefficient (Wildman–Crippen LogP) is -1.61. The summed E-state index contributed by atoms with van der Waals surface area (Å²) >= 11 is 4.06. The Kier molecular flexibility index (Phi) is 14.2. The second-order valence-electron chi connectivity index (χ2n) is 6.75. The standard InChI is InChI=1S/C17H29N3O10S/c21-13(22)8-18(9-14(23)24)3-5-20(12(17(29)30)2-1-7-31)6-4-19(10-15(25)26)11-16(27)28/h12,31H,1-11H2,(H,21,22)(H,23,24)(H,25,26)(H,27,28)(H,29,30).